The van der Waals surface area contributed by atoms with E-state index in [1.807, 2.05) is 0 Å². The predicted octanol–water partition coefficient (Wildman–Crippen LogP) is 1.44. The fourth-order valence-electron chi connectivity index (χ4n) is 15.0. The van der Waals surface area contributed by atoms with Crippen LogP contribution in [-0.2, 0) is 47.5 Å². The summed E-state index contributed by atoms with van der Waals surface area (Å²) in [6.45, 7) is 15.9. The second kappa shape index (κ2) is 18.3. The Kier molecular flexibility index (Phi) is 14.0. The van der Waals surface area contributed by atoms with Gasteiger partial charge in [0.05, 0.1) is 24.7 Å². The molecule has 5 aliphatic carbocycles. The lowest BCUT2D eigenvalue weighted by Crippen LogP contribution is -2.67. The lowest BCUT2D eigenvalue weighted by Gasteiger charge is -2.71. The number of esters is 2. The summed E-state index contributed by atoms with van der Waals surface area (Å²) in [6, 6.07) is 0. The minimum atomic E-state index is -1.88. The summed E-state index contributed by atoms with van der Waals surface area (Å²) in [5.41, 5.74) is -0.956. The van der Waals surface area contributed by atoms with Crippen LogP contribution in [0.25, 0.3) is 0 Å². The van der Waals surface area contributed by atoms with Gasteiger partial charge in [0.15, 0.2) is 24.8 Å². The number of aliphatic carboxylic acids is 1. The Morgan fingerprint density at radius 3 is 2.04 bits per heavy atom. The number of carbonyl (C=O) groups excluding carboxylic acids is 2. The summed E-state index contributed by atoms with van der Waals surface area (Å²) in [5.74, 6) is -2.67. The van der Waals surface area contributed by atoms with Gasteiger partial charge in [-0.3, -0.25) is 9.59 Å². The van der Waals surface area contributed by atoms with Crippen molar-refractivity contribution in [2.24, 2.45) is 50.2 Å². The average molecular weight is 969 g/mol. The molecule has 0 aromatic heterocycles. The highest BCUT2D eigenvalue weighted by Crippen LogP contribution is 2.76. The molecule has 3 heterocycles. The maximum atomic E-state index is 14.7. The zero-order valence-electron chi connectivity index (χ0n) is 40.6. The number of aliphatic hydroxyl groups excluding tert-OH is 8. The van der Waals surface area contributed by atoms with Crippen molar-refractivity contribution in [2.45, 2.75) is 212 Å². The van der Waals surface area contributed by atoms with Gasteiger partial charge < -0.3 is 79.1 Å². The summed E-state index contributed by atoms with van der Waals surface area (Å²) in [5, 5.41) is 94.3. The van der Waals surface area contributed by atoms with E-state index in [1.54, 1.807) is 0 Å². The van der Waals surface area contributed by atoms with Gasteiger partial charge >= 0.3 is 17.9 Å². The molecule has 0 aromatic rings. The molecule has 0 bridgehead atoms. The van der Waals surface area contributed by atoms with Gasteiger partial charge in [-0.25, -0.2) is 4.79 Å². The van der Waals surface area contributed by atoms with Crippen molar-refractivity contribution in [2.75, 3.05) is 13.2 Å². The molecule has 0 amide bonds. The van der Waals surface area contributed by atoms with E-state index >= 15 is 0 Å². The van der Waals surface area contributed by atoms with Crippen molar-refractivity contribution >= 4 is 17.9 Å². The lowest BCUT2D eigenvalue weighted by molar-refractivity contribution is -0.355. The maximum Gasteiger partial charge on any atom is 0.335 e. The van der Waals surface area contributed by atoms with Crippen LogP contribution in [0.1, 0.15) is 120 Å². The van der Waals surface area contributed by atoms with E-state index in [-0.39, 0.29) is 39.4 Å². The van der Waals surface area contributed by atoms with E-state index in [0.717, 1.165) is 45.4 Å². The average Bonchev–Trinajstić information content (AvgIpc) is 3.26. The zero-order valence-corrected chi connectivity index (χ0v) is 40.6. The minimum absolute atomic E-state index is 0.0776. The van der Waals surface area contributed by atoms with E-state index < -0.39 is 134 Å². The molecule has 386 valence electrons. The van der Waals surface area contributed by atoms with Crippen LogP contribution in [0.4, 0.5) is 0 Å². The van der Waals surface area contributed by atoms with Crippen LogP contribution < -0.4 is 0 Å². The normalized spacial score (nSPS) is 50.8. The van der Waals surface area contributed by atoms with Crippen molar-refractivity contribution in [3.8, 4) is 0 Å². The third-order valence-corrected chi connectivity index (χ3v) is 19.2. The summed E-state index contributed by atoms with van der Waals surface area (Å²) in [7, 11) is 0. The fraction of sp³-hybridized carbons (Fsp3) is 0.898. The van der Waals surface area contributed by atoms with Crippen LogP contribution in [0.15, 0.2) is 11.6 Å². The Labute approximate surface area is 397 Å². The van der Waals surface area contributed by atoms with Crippen molar-refractivity contribution in [1.82, 2.24) is 0 Å². The van der Waals surface area contributed by atoms with Crippen LogP contribution in [0, 0.1) is 50.2 Å². The van der Waals surface area contributed by atoms with Gasteiger partial charge in [0.1, 0.15) is 54.9 Å². The van der Waals surface area contributed by atoms with Crippen LogP contribution in [0.3, 0.4) is 0 Å². The van der Waals surface area contributed by atoms with Gasteiger partial charge in [0.2, 0.25) is 6.29 Å². The molecule has 0 spiro atoms. The molecule has 19 nitrogen and oxygen atoms in total. The minimum Gasteiger partial charge on any atom is -0.479 e. The molecule has 9 N–H and O–H groups in total. The second-order valence-electron chi connectivity index (χ2n) is 23.6. The van der Waals surface area contributed by atoms with Crippen molar-refractivity contribution < 1.29 is 93.5 Å². The Morgan fingerprint density at radius 2 is 1.38 bits per heavy atom. The molecule has 8 aliphatic rings. The van der Waals surface area contributed by atoms with Gasteiger partial charge in [-0.05, 0) is 109 Å². The van der Waals surface area contributed by atoms with Crippen molar-refractivity contribution in [3.63, 3.8) is 0 Å². The fourth-order valence-corrected chi connectivity index (χ4v) is 15.0. The molecule has 8 rings (SSSR count). The molecular weight excluding hydrogens is 893 g/mol. The van der Waals surface area contributed by atoms with Crippen LogP contribution in [-0.4, -0.2) is 169 Å². The highest BCUT2D eigenvalue weighted by molar-refractivity contribution is 5.79. The number of aliphatic hydroxyl groups is 8. The third kappa shape index (κ3) is 8.28. The molecule has 0 radical (unpaired) electrons. The summed E-state index contributed by atoms with van der Waals surface area (Å²) in [6.07, 6.45) is -13.9. The predicted molar refractivity (Wildman–Crippen MR) is 234 cm³/mol. The number of rotatable bonds is 9. The molecule has 22 atom stereocenters. The van der Waals surface area contributed by atoms with Gasteiger partial charge in [-0.15, -0.1) is 0 Å². The Morgan fingerprint density at radius 1 is 0.706 bits per heavy atom. The highest BCUT2D eigenvalue weighted by atomic mass is 16.8. The first-order valence-electron chi connectivity index (χ1n) is 24.6. The Balaban J connectivity index is 1.03. The topological polar surface area (TPSA) is 298 Å². The number of ether oxygens (including phenoxy) is 7. The third-order valence-electron chi connectivity index (χ3n) is 19.2. The first kappa shape index (κ1) is 52.0. The molecule has 68 heavy (non-hydrogen) atoms. The number of carbonyl (C=O) groups is 3. The first-order valence-corrected chi connectivity index (χ1v) is 24.6. The van der Waals surface area contributed by atoms with Crippen LogP contribution >= 0.6 is 0 Å². The summed E-state index contributed by atoms with van der Waals surface area (Å²) < 4.78 is 41.0. The number of carboxylic acid groups (broad SMARTS) is 1. The second-order valence-corrected chi connectivity index (χ2v) is 23.6. The number of allylic oxidation sites excluding steroid dienone is 2. The summed E-state index contributed by atoms with van der Waals surface area (Å²) in [4.78, 5) is 39.9. The van der Waals surface area contributed by atoms with E-state index in [9.17, 15) is 60.3 Å². The SMILES string of the molecule is CC(=O)O[C@H]1[C@H](O[C@H]2CC[C@@]3(C)[C@H](CC[C@]4(C)[C@@H]3CC=C3[C@@H]5CC(C)(C)CC[C@]5(C(=O)O[C@@H]5O[C@H](CO)[C@@H](O)[C@H](O)[C@H]5O)CC[C@]34C)C2(C)C)O[C@H](C(=O)O)[C@@H](O[C@@H]2OC[C@@H](O)[C@H](O)[C@H]2O)[C@@H]1O. The lowest BCUT2D eigenvalue weighted by atomic mass is 9.33. The van der Waals surface area contributed by atoms with Crippen molar-refractivity contribution in [3.05, 3.63) is 11.6 Å². The molecular formula is C49H76O19. The molecule has 19 heteroatoms. The Hall–Kier alpha value is -2.37. The molecule has 0 aromatic carbocycles. The van der Waals surface area contributed by atoms with Crippen LogP contribution in [0.5, 0.6) is 0 Å². The van der Waals surface area contributed by atoms with E-state index in [2.05, 4.69) is 54.5 Å². The monoisotopic (exact) mass is 968 g/mol. The molecule has 4 saturated carbocycles. The smallest absolute Gasteiger partial charge is 0.335 e. The first-order chi connectivity index (χ1) is 31.7. The van der Waals surface area contributed by atoms with E-state index in [4.69, 9.17) is 33.2 Å². The number of hydrogen-bond donors (Lipinski definition) is 9. The largest absolute Gasteiger partial charge is 0.479 e. The van der Waals surface area contributed by atoms with Gasteiger partial charge in [0, 0.05) is 6.92 Å². The molecule has 3 saturated heterocycles. The number of hydrogen-bond acceptors (Lipinski definition) is 18. The standard InChI is InChI=1S/C49H76O19/c1-22(51)63-37-35(58)36(66-40-33(56)30(53)25(52)21-62-40)38(39(59)60)67-42(37)65-29-12-13-46(6)27(45(29,4)5)11-14-48(8)28(46)10-9-23-24-19-44(2,3)15-17-49(24,18-16-47(23,48)7)43(61)68-41-34(57)32(55)31(54)26(20-50)64-41/h9,24-38,40-42,50,52-58H,10-21H2,1-8H3,(H,59,60)/t24-,25+,26+,27+,28+,29-,30-,31+,32-,33+,34+,35-,36-,37+,38-,40-,41-,42+,46-,47+,48+,49-/m0/s1. The highest BCUT2D eigenvalue weighted by Gasteiger charge is 2.70. The maximum absolute atomic E-state index is 14.7. The molecule has 7 fully saturated rings. The van der Waals surface area contributed by atoms with E-state index in [0.29, 0.717) is 25.7 Å². The zero-order chi connectivity index (χ0) is 49.8. The quantitative estimate of drug-likeness (QED) is 0.0897. The van der Waals surface area contributed by atoms with E-state index in [1.165, 1.54) is 5.57 Å². The van der Waals surface area contributed by atoms with Crippen molar-refractivity contribution in [1.29, 1.82) is 0 Å². The molecule has 0 unspecified atom stereocenters. The molecule has 3 aliphatic heterocycles. The van der Waals surface area contributed by atoms with Gasteiger partial charge in [0.25, 0.3) is 0 Å². The number of fused-ring (bicyclic) bond motifs is 7. The number of carboxylic acids is 1. The van der Waals surface area contributed by atoms with Gasteiger partial charge in [-0.2, -0.15) is 0 Å². The van der Waals surface area contributed by atoms with Gasteiger partial charge in [-0.1, -0.05) is 60.1 Å². The van der Waals surface area contributed by atoms with Crippen LogP contribution in [0.2, 0.25) is 0 Å². The Bertz CT molecular complexity index is 1940. The summed E-state index contributed by atoms with van der Waals surface area (Å²) >= 11 is 0.